The van der Waals surface area contributed by atoms with E-state index in [4.69, 9.17) is 0 Å². The van der Waals surface area contributed by atoms with Gasteiger partial charge in [0.15, 0.2) is 0 Å². The normalized spacial score (nSPS) is 10.4. The maximum atomic E-state index is 4.60. The van der Waals surface area contributed by atoms with Crippen molar-refractivity contribution in [2.75, 3.05) is 11.9 Å². The van der Waals surface area contributed by atoms with E-state index in [1.807, 2.05) is 6.07 Å². The molecule has 1 aromatic carbocycles. The number of nitrogens with zero attached hydrogens (tertiary/aromatic N) is 1. The first-order valence-electron chi connectivity index (χ1n) is 6.36. The van der Waals surface area contributed by atoms with E-state index in [-0.39, 0.29) is 0 Å². The lowest BCUT2D eigenvalue weighted by atomic mass is 10.3. The lowest BCUT2D eigenvalue weighted by Gasteiger charge is -2.06. The van der Waals surface area contributed by atoms with E-state index in [0.717, 1.165) is 34.7 Å². The predicted molar refractivity (Wildman–Crippen MR) is 86.7 cm³/mol. The van der Waals surface area contributed by atoms with E-state index in [9.17, 15) is 0 Å². The van der Waals surface area contributed by atoms with Gasteiger partial charge < -0.3 is 5.32 Å². The van der Waals surface area contributed by atoms with Crippen molar-refractivity contribution in [3.05, 3.63) is 52.6 Å². The molecule has 0 saturated carbocycles. The molecule has 2 rings (SSSR count). The number of rotatable bonds is 6. The molecule has 1 N–H and O–H groups in total. The standard InChI is InChI=1S/C15H17BrN2S/c1-2-10-17-15-5-3-4-13(18-15)11-19-14-8-6-12(16)7-9-14/h3-9H,2,10-11H2,1H3,(H,17,18). The Balaban J connectivity index is 1.93. The Morgan fingerprint density at radius 3 is 2.68 bits per heavy atom. The molecule has 19 heavy (non-hydrogen) atoms. The number of hydrogen-bond acceptors (Lipinski definition) is 3. The van der Waals surface area contributed by atoms with Crippen LogP contribution in [0.4, 0.5) is 5.82 Å². The fraction of sp³-hybridized carbons (Fsp3) is 0.267. The van der Waals surface area contributed by atoms with Gasteiger partial charge in [-0.15, -0.1) is 11.8 Å². The first-order valence-corrected chi connectivity index (χ1v) is 8.14. The second-order valence-corrected chi connectivity index (χ2v) is 6.15. The maximum Gasteiger partial charge on any atom is 0.126 e. The molecule has 0 radical (unpaired) electrons. The van der Waals surface area contributed by atoms with Crippen LogP contribution < -0.4 is 5.32 Å². The summed E-state index contributed by atoms with van der Waals surface area (Å²) >= 11 is 5.25. The van der Waals surface area contributed by atoms with Crippen LogP contribution in [0.1, 0.15) is 19.0 Å². The summed E-state index contributed by atoms with van der Waals surface area (Å²) in [6, 6.07) is 14.5. The molecule has 0 atom stereocenters. The molecular weight excluding hydrogens is 320 g/mol. The molecule has 0 bridgehead atoms. The van der Waals surface area contributed by atoms with Gasteiger partial charge in [-0.25, -0.2) is 4.98 Å². The van der Waals surface area contributed by atoms with Crippen molar-refractivity contribution in [1.82, 2.24) is 4.98 Å². The summed E-state index contributed by atoms with van der Waals surface area (Å²) in [4.78, 5) is 5.86. The molecule has 0 spiro atoms. The average Bonchev–Trinajstić information content (AvgIpc) is 2.45. The van der Waals surface area contributed by atoms with Crippen LogP contribution in [0.15, 0.2) is 51.8 Å². The lowest BCUT2D eigenvalue weighted by molar-refractivity contribution is 0.965. The fourth-order valence-corrected chi connectivity index (χ4v) is 2.67. The highest BCUT2D eigenvalue weighted by Crippen LogP contribution is 2.24. The van der Waals surface area contributed by atoms with Crippen molar-refractivity contribution in [3.8, 4) is 0 Å². The average molecular weight is 337 g/mol. The Morgan fingerprint density at radius 1 is 1.16 bits per heavy atom. The summed E-state index contributed by atoms with van der Waals surface area (Å²) < 4.78 is 1.11. The molecule has 0 aliphatic carbocycles. The quantitative estimate of drug-likeness (QED) is 0.754. The number of pyridine rings is 1. The Labute approximate surface area is 127 Å². The van der Waals surface area contributed by atoms with Crippen molar-refractivity contribution in [2.24, 2.45) is 0 Å². The highest BCUT2D eigenvalue weighted by molar-refractivity contribution is 9.10. The van der Waals surface area contributed by atoms with Crippen LogP contribution >= 0.6 is 27.7 Å². The van der Waals surface area contributed by atoms with Gasteiger partial charge in [0.1, 0.15) is 5.82 Å². The number of nitrogens with one attached hydrogen (secondary N) is 1. The van der Waals surface area contributed by atoms with Gasteiger partial charge >= 0.3 is 0 Å². The second-order valence-electron chi connectivity index (χ2n) is 4.18. The van der Waals surface area contributed by atoms with Crippen LogP contribution in [0.25, 0.3) is 0 Å². The summed E-state index contributed by atoms with van der Waals surface area (Å²) in [7, 11) is 0. The second kappa shape index (κ2) is 7.56. The highest BCUT2D eigenvalue weighted by atomic mass is 79.9. The van der Waals surface area contributed by atoms with Crippen LogP contribution in [0, 0.1) is 0 Å². The molecule has 0 aliphatic rings. The van der Waals surface area contributed by atoms with Crippen molar-refractivity contribution in [3.63, 3.8) is 0 Å². The van der Waals surface area contributed by atoms with Gasteiger partial charge in [-0.05, 0) is 42.8 Å². The number of anilines is 1. The van der Waals surface area contributed by atoms with E-state index >= 15 is 0 Å². The molecule has 4 heteroatoms. The molecule has 0 aliphatic heterocycles. The monoisotopic (exact) mass is 336 g/mol. The first-order chi connectivity index (χ1) is 9.28. The number of aromatic nitrogens is 1. The van der Waals surface area contributed by atoms with Crippen LogP contribution in [0.3, 0.4) is 0 Å². The predicted octanol–water partition coefficient (Wildman–Crippen LogP) is 4.96. The number of halogens is 1. The van der Waals surface area contributed by atoms with Crippen molar-refractivity contribution in [1.29, 1.82) is 0 Å². The summed E-state index contributed by atoms with van der Waals surface area (Å²) in [5.74, 6) is 1.86. The van der Waals surface area contributed by atoms with Crippen LogP contribution in [-0.2, 0) is 5.75 Å². The topological polar surface area (TPSA) is 24.9 Å². The number of thioether (sulfide) groups is 1. The van der Waals surface area contributed by atoms with Crippen molar-refractivity contribution >= 4 is 33.5 Å². The van der Waals surface area contributed by atoms with E-state index in [2.05, 4.69) is 69.6 Å². The SMILES string of the molecule is CCCNc1cccc(CSc2ccc(Br)cc2)n1. The molecular formula is C15H17BrN2S. The molecule has 2 aromatic rings. The van der Waals surface area contributed by atoms with Gasteiger partial charge in [0.2, 0.25) is 0 Å². The fourth-order valence-electron chi connectivity index (χ4n) is 1.60. The minimum atomic E-state index is 0.892. The Hall–Kier alpha value is -1.00. The van der Waals surface area contributed by atoms with Crippen molar-refractivity contribution < 1.29 is 0 Å². The summed E-state index contributed by atoms with van der Waals surface area (Å²) in [5, 5.41) is 3.31. The molecule has 100 valence electrons. The van der Waals surface area contributed by atoms with Crippen LogP contribution in [0.5, 0.6) is 0 Å². The van der Waals surface area contributed by atoms with Gasteiger partial charge in [0.25, 0.3) is 0 Å². The lowest BCUT2D eigenvalue weighted by Crippen LogP contribution is -2.02. The van der Waals surface area contributed by atoms with Gasteiger partial charge in [-0.2, -0.15) is 0 Å². The number of benzene rings is 1. The third kappa shape index (κ3) is 4.88. The Bertz CT molecular complexity index is 514. The number of hydrogen-bond donors (Lipinski definition) is 1. The minimum absolute atomic E-state index is 0.892. The largest absolute Gasteiger partial charge is 0.370 e. The smallest absolute Gasteiger partial charge is 0.126 e. The van der Waals surface area contributed by atoms with Gasteiger partial charge in [0, 0.05) is 21.7 Å². The minimum Gasteiger partial charge on any atom is -0.370 e. The molecule has 0 unspecified atom stereocenters. The Kier molecular flexibility index (Phi) is 5.73. The van der Waals surface area contributed by atoms with Crippen molar-refractivity contribution in [2.45, 2.75) is 24.0 Å². The molecule has 0 fully saturated rings. The van der Waals surface area contributed by atoms with Gasteiger partial charge in [-0.3, -0.25) is 0 Å². The summed E-state index contributed by atoms with van der Waals surface area (Å²) in [5.41, 5.74) is 1.11. The third-order valence-electron chi connectivity index (χ3n) is 2.56. The maximum absolute atomic E-state index is 4.60. The van der Waals surface area contributed by atoms with Crippen LogP contribution in [0.2, 0.25) is 0 Å². The molecule has 0 amide bonds. The zero-order valence-corrected chi connectivity index (χ0v) is 13.3. The summed E-state index contributed by atoms with van der Waals surface area (Å²) in [6.07, 6.45) is 1.11. The first kappa shape index (κ1) is 14.4. The molecule has 1 aromatic heterocycles. The zero-order valence-electron chi connectivity index (χ0n) is 10.9. The molecule has 0 saturated heterocycles. The van der Waals surface area contributed by atoms with Gasteiger partial charge in [0.05, 0.1) is 5.69 Å². The third-order valence-corrected chi connectivity index (χ3v) is 4.14. The van der Waals surface area contributed by atoms with E-state index in [1.54, 1.807) is 11.8 Å². The molecule has 2 nitrogen and oxygen atoms in total. The van der Waals surface area contributed by atoms with E-state index in [1.165, 1.54) is 4.90 Å². The summed E-state index contributed by atoms with van der Waals surface area (Å²) in [6.45, 7) is 3.12. The van der Waals surface area contributed by atoms with Gasteiger partial charge in [-0.1, -0.05) is 28.9 Å². The zero-order chi connectivity index (χ0) is 13.5. The molecule has 1 heterocycles. The van der Waals surface area contributed by atoms with E-state index < -0.39 is 0 Å². The highest BCUT2D eigenvalue weighted by Gasteiger charge is 1.99. The Morgan fingerprint density at radius 2 is 1.95 bits per heavy atom. The van der Waals surface area contributed by atoms with Crippen LogP contribution in [-0.4, -0.2) is 11.5 Å². The van der Waals surface area contributed by atoms with E-state index in [0.29, 0.717) is 0 Å².